The van der Waals surface area contributed by atoms with E-state index >= 15 is 0 Å². The minimum atomic E-state index is -4.62. The van der Waals surface area contributed by atoms with Gasteiger partial charge in [0, 0.05) is 5.56 Å². The van der Waals surface area contributed by atoms with E-state index in [0.29, 0.717) is 11.3 Å². The lowest BCUT2D eigenvalue weighted by Crippen LogP contribution is -2.30. The van der Waals surface area contributed by atoms with Crippen LogP contribution in [0.4, 0.5) is 13.2 Å². The highest BCUT2D eigenvalue weighted by Gasteiger charge is 2.34. The van der Waals surface area contributed by atoms with Gasteiger partial charge in [-0.25, -0.2) is 9.97 Å². The molecule has 0 spiro atoms. The summed E-state index contributed by atoms with van der Waals surface area (Å²) in [6, 6.07) is 12.8. The van der Waals surface area contributed by atoms with Gasteiger partial charge in [-0.1, -0.05) is 42.1 Å². The second kappa shape index (κ2) is 8.47. The molecule has 0 saturated heterocycles. The van der Waals surface area contributed by atoms with E-state index in [0.717, 1.165) is 17.8 Å². The first-order valence-corrected chi connectivity index (χ1v) is 9.19. The molecule has 0 aliphatic heterocycles. The number of aromatic nitrogens is 2. The van der Waals surface area contributed by atoms with Crippen LogP contribution >= 0.6 is 11.8 Å². The van der Waals surface area contributed by atoms with Crippen molar-refractivity contribution in [2.45, 2.75) is 30.1 Å². The van der Waals surface area contributed by atoms with E-state index in [1.165, 1.54) is 6.26 Å². The molecule has 0 saturated carbocycles. The second-order valence-corrected chi connectivity index (χ2v) is 7.15. The number of amides is 1. The molecule has 9 heteroatoms. The lowest BCUT2D eigenvalue weighted by molar-refractivity contribution is -0.141. The predicted molar refractivity (Wildman–Crippen MR) is 98.3 cm³/mol. The number of nitrogens with zero attached hydrogens (tertiary/aromatic N) is 2. The standard InChI is InChI=1S/C19H16F3N3O2S/c1-12(17(26)23-11-14-8-5-9-27-14)28-18-24-15(13-6-3-2-4-7-13)10-16(25-18)19(20,21)22/h2-10,12H,11H2,1H3,(H,23,26)/t12-/m0/s1. The Morgan fingerprint density at radius 1 is 1.18 bits per heavy atom. The van der Waals surface area contributed by atoms with E-state index in [4.69, 9.17) is 4.42 Å². The molecule has 1 N–H and O–H groups in total. The number of furan rings is 1. The van der Waals surface area contributed by atoms with Crippen molar-refractivity contribution >= 4 is 17.7 Å². The quantitative estimate of drug-likeness (QED) is 0.480. The van der Waals surface area contributed by atoms with Crippen molar-refractivity contribution in [2.24, 2.45) is 0 Å². The Kier molecular flexibility index (Phi) is 6.03. The van der Waals surface area contributed by atoms with E-state index < -0.39 is 17.1 Å². The Bertz CT molecular complexity index is 931. The maximum atomic E-state index is 13.2. The highest BCUT2D eigenvalue weighted by Crippen LogP contribution is 2.32. The second-order valence-electron chi connectivity index (χ2n) is 5.84. The van der Waals surface area contributed by atoms with Crippen LogP contribution in [0.5, 0.6) is 0 Å². The molecule has 5 nitrogen and oxygen atoms in total. The van der Waals surface area contributed by atoms with E-state index in [9.17, 15) is 18.0 Å². The van der Waals surface area contributed by atoms with Crippen molar-refractivity contribution in [1.29, 1.82) is 0 Å². The smallest absolute Gasteiger partial charge is 0.433 e. The van der Waals surface area contributed by atoms with Gasteiger partial charge in [0.1, 0.15) is 11.5 Å². The molecule has 3 rings (SSSR count). The Hall–Kier alpha value is -2.81. The van der Waals surface area contributed by atoms with Gasteiger partial charge in [0.05, 0.1) is 23.8 Å². The molecule has 1 amide bonds. The van der Waals surface area contributed by atoms with Crippen LogP contribution < -0.4 is 5.32 Å². The molecule has 3 aromatic rings. The van der Waals surface area contributed by atoms with Crippen LogP contribution in [0, 0.1) is 0 Å². The Balaban J connectivity index is 1.79. The molecule has 0 unspecified atom stereocenters. The molecular weight excluding hydrogens is 391 g/mol. The van der Waals surface area contributed by atoms with E-state index in [1.54, 1.807) is 49.4 Å². The molecule has 1 atom stereocenters. The first-order chi connectivity index (χ1) is 13.3. The minimum Gasteiger partial charge on any atom is -0.467 e. The van der Waals surface area contributed by atoms with Crippen LogP contribution in [-0.4, -0.2) is 21.1 Å². The zero-order valence-corrected chi connectivity index (χ0v) is 15.6. The SMILES string of the molecule is C[C@H](Sc1nc(-c2ccccc2)cc(C(F)(F)F)n1)C(=O)NCc1ccco1. The van der Waals surface area contributed by atoms with Crippen LogP contribution in [-0.2, 0) is 17.5 Å². The summed E-state index contributed by atoms with van der Waals surface area (Å²) < 4.78 is 44.9. The third-order valence-corrected chi connectivity index (χ3v) is 4.70. The lowest BCUT2D eigenvalue weighted by atomic mass is 10.1. The number of thioether (sulfide) groups is 1. The van der Waals surface area contributed by atoms with Gasteiger partial charge in [-0.15, -0.1) is 0 Å². The summed E-state index contributed by atoms with van der Waals surface area (Å²) in [6.07, 6.45) is -3.13. The highest BCUT2D eigenvalue weighted by molar-refractivity contribution is 8.00. The number of rotatable bonds is 6. The van der Waals surface area contributed by atoms with Gasteiger partial charge in [0.2, 0.25) is 5.91 Å². The van der Waals surface area contributed by atoms with Gasteiger partial charge < -0.3 is 9.73 Å². The average molecular weight is 407 g/mol. The zero-order valence-electron chi connectivity index (χ0n) is 14.7. The zero-order chi connectivity index (χ0) is 20.1. The van der Waals surface area contributed by atoms with Crippen LogP contribution in [0.15, 0.2) is 64.4 Å². The lowest BCUT2D eigenvalue weighted by Gasteiger charge is -2.13. The number of carbonyl (C=O) groups excluding carboxylic acids is 1. The number of benzene rings is 1. The third-order valence-electron chi connectivity index (χ3n) is 3.73. The summed E-state index contributed by atoms with van der Waals surface area (Å²) in [5.74, 6) is 0.218. The molecule has 0 aliphatic carbocycles. The Labute approximate surface area is 163 Å². The summed E-state index contributed by atoms with van der Waals surface area (Å²) >= 11 is 0.863. The number of carbonyl (C=O) groups is 1. The number of hydrogen-bond donors (Lipinski definition) is 1. The minimum absolute atomic E-state index is 0.116. The van der Waals surface area contributed by atoms with Crippen molar-refractivity contribution in [3.05, 3.63) is 66.2 Å². The van der Waals surface area contributed by atoms with Crippen molar-refractivity contribution < 1.29 is 22.4 Å². The topological polar surface area (TPSA) is 68.0 Å². The van der Waals surface area contributed by atoms with Crippen molar-refractivity contribution in [2.75, 3.05) is 0 Å². The molecule has 0 bridgehead atoms. The number of halogens is 3. The molecule has 0 fully saturated rings. The Morgan fingerprint density at radius 2 is 1.93 bits per heavy atom. The fraction of sp³-hybridized carbons (Fsp3) is 0.211. The first-order valence-electron chi connectivity index (χ1n) is 8.31. The van der Waals surface area contributed by atoms with E-state index in [-0.39, 0.29) is 23.3 Å². The van der Waals surface area contributed by atoms with Crippen molar-refractivity contribution in [3.8, 4) is 11.3 Å². The summed E-state index contributed by atoms with van der Waals surface area (Å²) in [6.45, 7) is 1.77. The molecule has 28 heavy (non-hydrogen) atoms. The predicted octanol–water partition coefficient (Wildman–Crippen LogP) is 4.55. The van der Waals surface area contributed by atoms with Crippen molar-refractivity contribution in [3.63, 3.8) is 0 Å². The molecule has 146 valence electrons. The molecule has 2 heterocycles. The third kappa shape index (κ3) is 5.13. The maximum Gasteiger partial charge on any atom is 0.433 e. The normalized spacial score (nSPS) is 12.6. The number of nitrogens with one attached hydrogen (secondary N) is 1. The van der Waals surface area contributed by atoms with Gasteiger partial charge in [0.25, 0.3) is 0 Å². The fourth-order valence-corrected chi connectivity index (χ4v) is 3.13. The average Bonchev–Trinajstić information content (AvgIpc) is 3.19. The van der Waals surface area contributed by atoms with Gasteiger partial charge in [-0.2, -0.15) is 13.2 Å². The molecule has 2 aromatic heterocycles. The summed E-state index contributed by atoms with van der Waals surface area (Å²) in [5.41, 5.74) is -0.368. The molecule has 0 aliphatic rings. The fourth-order valence-electron chi connectivity index (χ4n) is 2.32. The Morgan fingerprint density at radius 3 is 2.57 bits per heavy atom. The number of alkyl halides is 3. The molecular formula is C19H16F3N3O2S. The van der Waals surface area contributed by atoms with E-state index in [1.807, 2.05) is 0 Å². The highest BCUT2D eigenvalue weighted by atomic mass is 32.2. The molecule has 0 radical (unpaired) electrons. The van der Waals surface area contributed by atoms with Crippen molar-refractivity contribution in [1.82, 2.24) is 15.3 Å². The van der Waals surface area contributed by atoms with Crippen LogP contribution in [0.25, 0.3) is 11.3 Å². The van der Waals surface area contributed by atoms with Gasteiger partial charge in [0.15, 0.2) is 5.16 Å². The van der Waals surface area contributed by atoms with Crippen LogP contribution in [0.2, 0.25) is 0 Å². The van der Waals surface area contributed by atoms with Crippen LogP contribution in [0.3, 0.4) is 0 Å². The summed E-state index contributed by atoms with van der Waals surface area (Å²) in [5, 5.41) is 1.86. The first kappa shape index (κ1) is 19.9. The largest absolute Gasteiger partial charge is 0.467 e. The number of hydrogen-bond acceptors (Lipinski definition) is 5. The summed E-state index contributed by atoms with van der Waals surface area (Å²) in [7, 11) is 0. The van der Waals surface area contributed by atoms with Gasteiger partial charge >= 0.3 is 6.18 Å². The maximum absolute atomic E-state index is 13.2. The van der Waals surface area contributed by atoms with Gasteiger partial charge in [-0.05, 0) is 25.1 Å². The summed E-state index contributed by atoms with van der Waals surface area (Å²) in [4.78, 5) is 20.0. The molecule has 1 aromatic carbocycles. The van der Waals surface area contributed by atoms with Gasteiger partial charge in [-0.3, -0.25) is 4.79 Å². The van der Waals surface area contributed by atoms with Crippen LogP contribution in [0.1, 0.15) is 18.4 Å². The van der Waals surface area contributed by atoms with E-state index in [2.05, 4.69) is 15.3 Å². The monoisotopic (exact) mass is 407 g/mol.